The van der Waals surface area contributed by atoms with E-state index in [0.717, 1.165) is 18.7 Å². The van der Waals surface area contributed by atoms with Gasteiger partial charge >= 0.3 is 0 Å². The van der Waals surface area contributed by atoms with Gasteiger partial charge < -0.3 is 4.74 Å². The molecule has 47 valence electrons. The van der Waals surface area contributed by atoms with Crippen LogP contribution in [0.3, 0.4) is 0 Å². The first-order valence-electron chi connectivity index (χ1n) is 3.00. The van der Waals surface area contributed by atoms with Crippen molar-refractivity contribution < 1.29 is 4.74 Å². The molecule has 1 aromatic rings. The molecule has 1 aromatic heterocycles. The molecule has 2 rings (SSSR count). The van der Waals surface area contributed by atoms with Crippen LogP contribution >= 0.6 is 0 Å². The third-order valence-corrected chi connectivity index (χ3v) is 1.50. The summed E-state index contributed by atoms with van der Waals surface area (Å²) in [4.78, 5) is 0. The molecule has 0 spiro atoms. The van der Waals surface area contributed by atoms with Crippen molar-refractivity contribution in [1.82, 2.24) is 10.2 Å². The lowest BCUT2D eigenvalue weighted by Crippen LogP contribution is -2.18. The second-order valence-electron chi connectivity index (χ2n) is 2.09. The lowest BCUT2D eigenvalue weighted by Gasteiger charge is -2.23. The SMILES string of the molecule is [c]1cc(C2CCO2)n[nH]1. The van der Waals surface area contributed by atoms with Gasteiger partial charge in [0.25, 0.3) is 0 Å². The number of aromatic nitrogens is 2. The molecule has 0 aliphatic carbocycles. The van der Waals surface area contributed by atoms with E-state index in [1.54, 1.807) is 0 Å². The Bertz CT molecular complexity index is 179. The fourth-order valence-electron chi connectivity index (χ4n) is 0.869. The van der Waals surface area contributed by atoms with Crippen LogP contribution in [0.4, 0.5) is 0 Å². The highest BCUT2D eigenvalue weighted by Crippen LogP contribution is 2.26. The minimum Gasteiger partial charge on any atom is -0.372 e. The van der Waals surface area contributed by atoms with Crippen molar-refractivity contribution in [2.75, 3.05) is 6.61 Å². The van der Waals surface area contributed by atoms with Gasteiger partial charge in [-0.3, -0.25) is 5.10 Å². The Labute approximate surface area is 53.0 Å². The van der Waals surface area contributed by atoms with E-state index < -0.39 is 0 Å². The number of nitrogens with one attached hydrogen (secondary N) is 1. The highest BCUT2D eigenvalue weighted by molar-refractivity contribution is 5.03. The van der Waals surface area contributed by atoms with Gasteiger partial charge in [-0.15, -0.1) is 0 Å². The number of H-pyrrole nitrogens is 1. The van der Waals surface area contributed by atoms with Crippen LogP contribution in [0.15, 0.2) is 6.07 Å². The lowest BCUT2D eigenvalue weighted by molar-refractivity contribution is -0.0552. The van der Waals surface area contributed by atoms with Crippen LogP contribution in [0.25, 0.3) is 0 Å². The summed E-state index contributed by atoms with van der Waals surface area (Å²) in [7, 11) is 0. The predicted octanol–water partition coefficient (Wildman–Crippen LogP) is 0.671. The molecule has 1 aliphatic heterocycles. The molecular weight excluding hydrogens is 116 g/mol. The fourth-order valence-corrected chi connectivity index (χ4v) is 0.869. The van der Waals surface area contributed by atoms with Crippen LogP contribution in [0.1, 0.15) is 18.2 Å². The fraction of sp³-hybridized carbons (Fsp3) is 0.500. The molecule has 0 aromatic carbocycles. The summed E-state index contributed by atoms with van der Waals surface area (Å²) in [6.07, 6.45) is 4.10. The third-order valence-electron chi connectivity index (χ3n) is 1.50. The average Bonchev–Trinajstić information content (AvgIpc) is 2.11. The van der Waals surface area contributed by atoms with Crippen LogP contribution in [0.5, 0.6) is 0 Å². The van der Waals surface area contributed by atoms with Gasteiger partial charge in [-0.2, -0.15) is 5.10 Å². The van der Waals surface area contributed by atoms with Crippen LogP contribution in [0.2, 0.25) is 0 Å². The molecule has 1 radical (unpaired) electrons. The monoisotopic (exact) mass is 123 g/mol. The van der Waals surface area contributed by atoms with Crippen molar-refractivity contribution in [3.63, 3.8) is 0 Å². The Balaban J connectivity index is 2.14. The molecule has 1 saturated heterocycles. The van der Waals surface area contributed by atoms with E-state index in [2.05, 4.69) is 16.4 Å². The van der Waals surface area contributed by atoms with E-state index in [1.165, 1.54) is 0 Å². The van der Waals surface area contributed by atoms with E-state index in [9.17, 15) is 0 Å². The third kappa shape index (κ3) is 0.733. The van der Waals surface area contributed by atoms with Crippen LogP contribution in [-0.4, -0.2) is 16.8 Å². The minimum atomic E-state index is 0.243. The Hall–Kier alpha value is -0.830. The number of hydrogen-bond acceptors (Lipinski definition) is 2. The first-order chi connectivity index (χ1) is 4.47. The summed E-state index contributed by atoms with van der Waals surface area (Å²) in [5.41, 5.74) is 0.973. The maximum atomic E-state index is 5.17. The van der Waals surface area contributed by atoms with E-state index >= 15 is 0 Å². The largest absolute Gasteiger partial charge is 0.372 e. The van der Waals surface area contributed by atoms with Crippen molar-refractivity contribution in [3.05, 3.63) is 18.0 Å². The molecule has 9 heavy (non-hydrogen) atoms. The topological polar surface area (TPSA) is 37.9 Å². The predicted molar refractivity (Wildman–Crippen MR) is 30.7 cm³/mol. The summed E-state index contributed by atoms with van der Waals surface area (Å²) in [5, 5.41) is 6.56. The molecule has 1 aliphatic rings. The molecule has 2 heterocycles. The van der Waals surface area contributed by atoms with Crippen LogP contribution in [0, 0.1) is 6.20 Å². The molecule has 1 fully saturated rings. The number of ether oxygens (including phenoxy) is 1. The van der Waals surface area contributed by atoms with Gasteiger partial charge in [-0.1, -0.05) is 0 Å². The zero-order valence-corrected chi connectivity index (χ0v) is 4.92. The Morgan fingerprint density at radius 2 is 2.78 bits per heavy atom. The standard InChI is InChI=1S/C6H7N2O/c1-3-7-8-5(1)6-2-4-9-6/h1,6H,2,4H2,(H,7,8). The molecule has 1 atom stereocenters. The molecular formula is C6H7N2O. The van der Waals surface area contributed by atoms with Crippen molar-refractivity contribution in [2.45, 2.75) is 12.5 Å². The average molecular weight is 123 g/mol. The Morgan fingerprint density at radius 1 is 1.89 bits per heavy atom. The number of aromatic amines is 1. The van der Waals surface area contributed by atoms with Gasteiger partial charge in [0.15, 0.2) is 0 Å². The molecule has 0 saturated carbocycles. The smallest absolute Gasteiger partial charge is 0.103 e. The van der Waals surface area contributed by atoms with Crippen LogP contribution in [-0.2, 0) is 4.74 Å². The number of rotatable bonds is 1. The number of hydrogen-bond donors (Lipinski definition) is 1. The second-order valence-corrected chi connectivity index (χ2v) is 2.09. The van der Waals surface area contributed by atoms with Crippen LogP contribution < -0.4 is 0 Å². The highest BCUT2D eigenvalue weighted by atomic mass is 16.5. The molecule has 0 amide bonds. The van der Waals surface area contributed by atoms with Crippen molar-refractivity contribution in [1.29, 1.82) is 0 Å². The Kier molecular flexibility index (Phi) is 1.02. The highest BCUT2D eigenvalue weighted by Gasteiger charge is 2.21. The first-order valence-corrected chi connectivity index (χ1v) is 3.00. The van der Waals surface area contributed by atoms with Crippen molar-refractivity contribution in [3.8, 4) is 0 Å². The maximum absolute atomic E-state index is 5.17. The molecule has 3 heteroatoms. The van der Waals surface area contributed by atoms with E-state index in [4.69, 9.17) is 4.74 Å². The van der Waals surface area contributed by atoms with Crippen molar-refractivity contribution in [2.24, 2.45) is 0 Å². The van der Waals surface area contributed by atoms with Gasteiger partial charge in [-0.05, 0) is 6.07 Å². The summed E-state index contributed by atoms with van der Waals surface area (Å²) in [6, 6.07) is 1.82. The van der Waals surface area contributed by atoms with Gasteiger partial charge in [-0.25, -0.2) is 0 Å². The van der Waals surface area contributed by atoms with Gasteiger partial charge in [0, 0.05) is 6.42 Å². The van der Waals surface area contributed by atoms with E-state index in [0.29, 0.717) is 0 Å². The summed E-state index contributed by atoms with van der Waals surface area (Å²) < 4.78 is 5.17. The number of nitrogens with zero attached hydrogens (tertiary/aromatic N) is 1. The minimum absolute atomic E-state index is 0.243. The summed E-state index contributed by atoms with van der Waals surface area (Å²) in [5.74, 6) is 0. The summed E-state index contributed by atoms with van der Waals surface area (Å²) in [6.45, 7) is 0.873. The second kappa shape index (κ2) is 1.84. The molecule has 3 nitrogen and oxygen atoms in total. The van der Waals surface area contributed by atoms with Gasteiger partial charge in [0.05, 0.1) is 18.5 Å². The Morgan fingerprint density at radius 3 is 3.22 bits per heavy atom. The maximum Gasteiger partial charge on any atom is 0.103 e. The normalized spacial score (nSPS) is 25.6. The quantitative estimate of drug-likeness (QED) is 0.596. The summed E-state index contributed by atoms with van der Waals surface area (Å²) >= 11 is 0. The van der Waals surface area contributed by atoms with E-state index in [-0.39, 0.29) is 6.10 Å². The van der Waals surface area contributed by atoms with Crippen molar-refractivity contribution >= 4 is 0 Å². The van der Waals surface area contributed by atoms with Gasteiger partial charge in [0.2, 0.25) is 0 Å². The zero-order valence-electron chi connectivity index (χ0n) is 4.92. The molecule has 1 N–H and O–H groups in total. The van der Waals surface area contributed by atoms with E-state index in [1.807, 2.05) is 6.07 Å². The lowest BCUT2D eigenvalue weighted by atomic mass is 10.1. The molecule has 0 bridgehead atoms. The first kappa shape index (κ1) is 4.99. The van der Waals surface area contributed by atoms with Gasteiger partial charge in [0.1, 0.15) is 6.10 Å². The zero-order chi connectivity index (χ0) is 6.10. The molecule has 1 unspecified atom stereocenters.